The highest BCUT2D eigenvalue weighted by atomic mass is 28.4. The van der Waals surface area contributed by atoms with Gasteiger partial charge in [0.15, 0.2) is 0 Å². The van der Waals surface area contributed by atoms with E-state index in [1.54, 1.807) is 0 Å². The van der Waals surface area contributed by atoms with Gasteiger partial charge in [0, 0.05) is 0 Å². The lowest BCUT2D eigenvalue weighted by Crippen LogP contribution is -2.54. The highest BCUT2D eigenvalue weighted by Crippen LogP contribution is 2.65. The molecule has 3 heteroatoms. The van der Waals surface area contributed by atoms with E-state index in [0.717, 1.165) is 23.7 Å². The first-order chi connectivity index (χ1) is 14.5. The molecule has 3 fully saturated rings. The van der Waals surface area contributed by atoms with Crippen molar-refractivity contribution < 1.29 is 9.46 Å². The summed E-state index contributed by atoms with van der Waals surface area (Å²) in [5, 5.41) is 0. The third kappa shape index (κ3) is 3.83. The fraction of sp³-hybridized carbons (Fsp3) is 0.929. The second kappa shape index (κ2) is 8.58. The minimum absolute atomic E-state index is 0.305. The molecule has 0 spiro atoms. The molecule has 4 aliphatic carbocycles. The number of rotatable bonds is 6. The van der Waals surface area contributed by atoms with Crippen molar-refractivity contribution in [1.82, 2.24) is 0 Å². The largest absolute Gasteiger partial charge is 0.285 e. The van der Waals surface area contributed by atoms with Crippen molar-refractivity contribution in [1.29, 1.82) is 0 Å². The van der Waals surface area contributed by atoms with Gasteiger partial charge in [-0.15, -0.1) is 0 Å². The Hall–Kier alpha value is -0.123. The van der Waals surface area contributed by atoms with E-state index in [2.05, 4.69) is 67.5 Å². The van der Waals surface area contributed by atoms with Gasteiger partial charge in [-0.05, 0) is 102 Å². The summed E-state index contributed by atoms with van der Waals surface area (Å²) < 4.78 is 6.57. The zero-order valence-corrected chi connectivity index (χ0v) is 22.7. The lowest BCUT2D eigenvalue weighted by Gasteiger charge is -2.60. The number of fused-ring (bicyclic) bond motifs is 5. The van der Waals surface area contributed by atoms with Gasteiger partial charge in [-0.2, -0.15) is 0 Å². The Morgan fingerprint density at radius 1 is 0.839 bits per heavy atom. The number of hydrogen-bond donors (Lipinski definition) is 0. The van der Waals surface area contributed by atoms with Gasteiger partial charge in [0.25, 0.3) is 0 Å². The van der Waals surface area contributed by atoms with Crippen LogP contribution in [-0.2, 0) is 9.46 Å². The first-order valence-corrected chi connectivity index (χ1v) is 15.7. The van der Waals surface area contributed by atoms with Crippen LogP contribution >= 0.6 is 0 Å². The molecule has 0 amide bonds. The van der Waals surface area contributed by atoms with Crippen LogP contribution in [0.25, 0.3) is 0 Å². The summed E-state index contributed by atoms with van der Waals surface area (Å²) >= 11 is 0. The summed E-state index contributed by atoms with van der Waals surface area (Å²) in [6.07, 6.45) is 16.2. The van der Waals surface area contributed by atoms with Crippen molar-refractivity contribution in [3.63, 3.8) is 0 Å². The molecule has 7 atom stereocenters. The molecule has 4 aliphatic rings. The lowest BCUT2D eigenvalue weighted by molar-refractivity contribution is -0.279. The van der Waals surface area contributed by atoms with Crippen molar-refractivity contribution >= 4 is 8.32 Å². The van der Waals surface area contributed by atoms with Crippen LogP contribution in [0, 0.1) is 34.5 Å². The highest BCUT2D eigenvalue weighted by Gasteiger charge is 2.57. The van der Waals surface area contributed by atoms with Gasteiger partial charge < -0.3 is 0 Å². The van der Waals surface area contributed by atoms with Crippen molar-refractivity contribution in [2.45, 2.75) is 129 Å². The molecule has 0 aromatic carbocycles. The van der Waals surface area contributed by atoms with Crippen molar-refractivity contribution in [3.8, 4) is 0 Å². The minimum Gasteiger partial charge on any atom is -0.285 e. The van der Waals surface area contributed by atoms with Crippen molar-refractivity contribution in [2.24, 2.45) is 34.5 Å². The normalized spacial score (nSPS) is 42.7. The van der Waals surface area contributed by atoms with E-state index in [9.17, 15) is 0 Å². The molecule has 0 bridgehead atoms. The van der Waals surface area contributed by atoms with Gasteiger partial charge in [0.1, 0.15) is 0 Å². The van der Waals surface area contributed by atoms with Crippen LogP contribution in [0.1, 0.15) is 107 Å². The number of hydrogen-bond acceptors (Lipinski definition) is 2. The Kier molecular flexibility index (Phi) is 6.65. The molecular formula is C28H50O2Si. The summed E-state index contributed by atoms with van der Waals surface area (Å²) in [6, 6.07) is 0. The summed E-state index contributed by atoms with van der Waals surface area (Å²) in [6.45, 7) is 19.3. The quantitative estimate of drug-likeness (QED) is 0.176. The average Bonchev–Trinajstić information content (AvgIpc) is 3.09. The van der Waals surface area contributed by atoms with Gasteiger partial charge in [-0.1, -0.05) is 67.5 Å². The zero-order chi connectivity index (χ0) is 22.6. The molecule has 3 saturated carbocycles. The van der Waals surface area contributed by atoms with Crippen LogP contribution < -0.4 is 0 Å². The van der Waals surface area contributed by atoms with Crippen LogP contribution in [0.15, 0.2) is 12.2 Å². The van der Waals surface area contributed by atoms with Gasteiger partial charge in [0.05, 0.1) is 6.10 Å². The SMILES string of the molecule is CC(C)[Si](OO[C@H]1CC[C@@]2(C)C(CC[C@H]3[C@@H]4CC=C[C@@]4(C)CC[C@@H]32)C1)(C(C)C)C(C)C. The van der Waals surface area contributed by atoms with Gasteiger partial charge in [0.2, 0.25) is 8.32 Å². The van der Waals surface area contributed by atoms with Gasteiger partial charge >= 0.3 is 0 Å². The molecule has 1 unspecified atom stereocenters. The Labute approximate surface area is 194 Å². The van der Waals surface area contributed by atoms with Crippen LogP contribution in [0.5, 0.6) is 0 Å². The first kappa shape index (κ1) is 24.0. The molecule has 2 nitrogen and oxygen atoms in total. The van der Waals surface area contributed by atoms with E-state index in [-0.39, 0.29) is 0 Å². The average molecular weight is 447 g/mol. The summed E-state index contributed by atoms with van der Waals surface area (Å²) in [5.41, 5.74) is 2.75. The lowest BCUT2D eigenvalue weighted by atomic mass is 9.45. The van der Waals surface area contributed by atoms with E-state index >= 15 is 0 Å². The monoisotopic (exact) mass is 446 g/mol. The Morgan fingerprint density at radius 3 is 2.16 bits per heavy atom. The molecule has 31 heavy (non-hydrogen) atoms. The fourth-order valence-corrected chi connectivity index (χ4v) is 14.1. The molecular weight excluding hydrogens is 396 g/mol. The molecule has 0 N–H and O–H groups in total. The highest BCUT2D eigenvalue weighted by molar-refractivity contribution is 6.77. The van der Waals surface area contributed by atoms with Crippen LogP contribution in [0.4, 0.5) is 0 Å². The van der Waals surface area contributed by atoms with Gasteiger partial charge in [-0.25, -0.2) is 4.89 Å². The van der Waals surface area contributed by atoms with Crippen molar-refractivity contribution in [3.05, 3.63) is 12.2 Å². The third-order valence-corrected chi connectivity index (χ3v) is 16.8. The smallest absolute Gasteiger partial charge is 0.246 e. The Bertz CT molecular complexity index is 648. The maximum Gasteiger partial charge on any atom is 0.246 e. The van der Waals surface area contributed by atoms with Gasteiger partial charge in [-0.3, -0.25) is 4.58 Å². The van der Waals surface area contributed by atoms with Crippen LogP contribution in [-0.4, -0.2) is 14.4 Å². The molecule has 0 radical (unpaired) electrons. The number of allylic oxidation sites excluding steroid dienone is 2. The molecule has 178 valence electrons. The maximum atomic E-state index is 6.57. The standard InChI is InChI=1S/C28H50O2Si/c1-19(2)31(20(3)4,21(5)6)30-29-23-13-17-28(8)22(18-23)11-12-24-25-10-9-15-27(25,7)16-14-26(24)28/h9,15,19-26H,10-14,16-18H2,1-8H3/t22?,23-,24-,25-,26-,27-,28-/m0/s1. The second-order valence-electron chi connectivity index (χ2n) is 13.2. The minimum atomic E-state index is -1.95. The van der Waals surface area contributed by atoms with E-state index < -0.39 is 8.32 Å². The van der Waals surface area contributed by atoms with Crippen LogP contribution in [0.2, 0.25) is 16.6 Å². The predicted molar refractivity (Wildman–Crippen MR) is 133 cm³/mol. The molecule has 0 aliphatic heterocycles. The molecule has 0 saturated heterocycles. The Morgan fingerprint density at radius 2 is 1.52 bits per heavy atom. The van der Waals surface area contributed by atoms with Crippen molar-refractivity contribution in [2.75, 3.05) is 0 Å². The molecule has 4 rings (SSSR count). The van der Waals surface area contributed by atoms with Crippen LogP contribution in [0.3, 0.4) is 0 Å². The maximum absolute atomic E-state index is 6.57. The summed E-state index contributed by atoms with van der Waals surface area (Å²) in [5.74, 6) is 3.62. The topological polar surface area (TPSA) is 18.5 Å². The molecule has 0 aromatic rings. The van der Waals surface area contributed by atoms with E-state index in [0.29, 0.717) is 33.6 Å². The summed E-state index contributed by atoms with van der Waals surface area (Å²) in [4.78, 5) is 6.40. The fourth-order valence-electron chi connectivity index (χ4n) is 9.23. The summed E-state index contributed by atoms with van der Waals surface area (Å²) in [7, 11) is -1.95. The van der Waals surface area contributed by atoms with E-state index in [4.69, 9.17) is 9.46 Å². The van der Waals surface area contributed by atoms with E-state index in [1.165, 1.54) is 51.4 Å². The predicted octanol–water partition coefficient (Wildman–Crippen LogP) is 8.69. The second-order valence-corrected chi connectivity index (χ2v) is 18.6. The Balaban J connectivity index is 1.43. The zero-order valence-electron chi connectivity index (χ0n) is 21.7. The first-order valence-electron chi connectivity index (χ1n) is 13.6. The molecule has 0 aromatic heterocycles. The molecule has 0 heterocycles. The third-order valence-electron chi connectivity index (χ3n) is 11.0. The van der Waals surface area contributed by atoms with E-state index in [1.807, 2.05) is 0 Å².